The molecule has 0 aromatic heterocycles. The molecule has 246 valence electrons. The Labute approximate surface area is 307 Å². The van der Waals surface area contributed by atoms with E-state index in [1.807, 2.05) is 6.92 Å². The number of aryl methyl sites for hydroxylation is 3. The Morgan fingerprint density at radius 1 is 0.542 bits per heavy atom. The Morgan fingerprint density at radius 3 is 1.23 bits per heavy atom. The lowest BCUT2D eigenvalue weighted by Gasteiger charge is -2.16. The third-order valence-electron chi connectivity index (χ3n) is 7.06. The molecule has 5 rings (SSSR count). The first kappa shape index (κ1) is 37.1. The van der Waals surface area contributed by atoms with Crippen LogP contribution in [-0.4, -0.2) is 14.8 Å². The van der Waals surface area contributed by atoms with Gasteiger partial charge in [0.05, 0.1) is 24.8 Å². The molecule has 0 radical (unpaired) electrons. The van der Waals surface area contributed by atoms with Crippen molar-refractivity contribution in [3.63, 3.8) is 0 Å². The maximum atomic E-state index is 11.1. The summed E-state index contributed by atoms with van der Waals surface area (Å²) in [6, 6.07) is 20.6. The number of nitrogens with zero attached hydrogens (tertiary/aromatic N) is 3. The van der Waals surface area contributed by atoms with Gasteiger partial charge in [-0.25, -0.2) is 0 Å². The third-order valence-corrected chi connectivity index (χ3v) is 10.7. The van der Waals surface area contributed by atoms with Gasteiger partial charge in [0.25, 0.3) is 17.1 Å². The largest absolute Gasteiger partial charge is 0.269 e. The van der Waals surface area contributed by atoms with Crippen molar-refractivity contribution in [2.24, 2.45) is 0 Å². The van der Waals surface area contributed by atoms with Crippen LogP contribution in [0.5, 0.6) is 0 Å². The Kier molecular flexibility index (Phi) is 12.1. The van der Waals surface area contributed by atoms with Crippen molar-refractivity contribution < 1.29 is 14.8 Å². The fourth-order valence-corrected chi connectivity index (χ4v) is 7.18. The first-order valence-electron chi connectivity index (χ1n) is 13.7. The second-order valence-electron chi connectivity index (χ2n) is 10.3. The van der Waals surface area contributed by atoms with Gasteiger partial charge in [-0.3, -0.25) is 30.3 Å². The molecule has 0 saturated heterocycles. The highest BCUT2D eigenvalue weighted by Gasteiger charge is 2.21. The molecule has 48 heavy (non-hydrogen) atoms. The van der Waals surface area contributed by atoms with Crippen LogP contribution in [-0.2, 0) is 0 Å². The number of hydrogen-bond donors (Lipinski definition) is 0. The minimum Gasteiger partial charge on any atom is -0.258 e. The first-order chi connectivity index (χ1) is 22.6. The molecule has 5 aromatic rings. The lowest BCUT2D eigenvalue weighted by molar-refractivity contribution is -0.385. The summed E-state index contributed by atoms with van der Waals surface area (Å²) in [5, 5.41) is 34.1. The molecule has 0 aliphatic carbocycles. The molecule has 0 spiro atoms. The Balaban J connectivity index is 0.000000401. The van der Waals surface area contributed by atoms with Crippen molar-refractivity contribution in [2.75, 3.05) is 0 Å². The number of hydrogen-bond acceptors (Lipinski definition) is 7. The van der Waals surface area contributed by atoms with E-state index in [9.17, 15) is 30.3 Å². The summed E-state index contributed by atoms with van der Waals surface area (Å²) in [4.78, 5) is 32.5. The van der Waals surface area contributed by atoms with Crippen LogP contribution < -0.4 is 0 Å². The summed E-state index contributed by atoms with van der Waals surface area (Å²) >= 11 is 31.2. The van der Waals surface area contributed by atoms with Crippen LogP contribution in [0.15, 0.2) is 93.1 Å². The van der Waals surface area contributed by atoms with Crippen LogP contribution in [0.3, 0.4) is 0 Å². The molecule has 15 heteroatoms. The summed E-state index contributed by atoms with van der Waals surface area (Å²) in [6.45, 7) is 5.32. The Hall–Kier alpha value is -3.71. The van der Waals surface area contributed by atoms with Gasteiger partial charge in [0, 0.05) is 71.8 Å². The quantitative estimate of drug-likeness (QED) is 0.118. The first-order valence-corrected chi connectivity index (χ1v) is 16.8. The number of rotatable bonds is 7. The molecule has 0 heterocycles. The second-order valence-corrected chi connectivity index (χ2v) is 13.8. The topological polar surface area (TPSA) is 129 Å². The highest BCUT2D eigenvalue weighted by atomic mass is 79.9. The zero-order chi connectivity index (χ0) is 35.4. The summed E-state index contributed by atoms with van der Waals surface area (Å²) in [7, 11) is 0. The smallest absolute Gasteiger partial charge is 0.258 e. The Bertz CT molecular complexity index is 2000. The summed E-state index contributed by atoms with van der Waals surface area (Å²) in [5.74, 6) is 0. The van der Waals surface area contributed by atoms with Gasteiger partial charge in [0.2, 0.25) is 0 Å². The average Bonchev–Trinajstić information content (AvgIpc) is 3.02. The predicted octanol–water partition coefficient (Wildman–Crippen LogP) is 12.9. The molecule has 0 N–H and O–H groups in total. The monoisotopic (exact) mass is 807 g/mol. The molecule has 0 saturated carbocycles. The van der Waals surface area contributed by atoms with Crippen LogP contribution in [0, 0.1) is 51.1 Å². The highest BCUT2D eigenvalue weighted by Crippen LogP contribution is 2.48. The van der Waals surface area contributed by atoms with Gasteiger partial charge < -0.3 is 0 Å². The average molecular weight is 810 g/mol. The van der Waals surface area contributed by atoms with Gasteiger partial charge >= 0.3 is 0 Å². The molecule has 0 aliphatic rings. The molecule has 9 nitrogen and oxygen atoms in total. The van der Waals surface area contributed by atoms with E-state index >= 15 is 0 Å². The molecule has 0 bridgehead atoms. The number of nitro benzene ring substituents is 3. The second kappa shape index (κ2) is 15.7. The number of non-ortho nitro benzene ring substituents is 3. The lowest BCUT2D eigenvalue weighted by atomic mass is 10.00. The van der Waals surface area contributed by atoms with Crippen molar-refractivity contribution in [1.82, 2.24) is 0 Å². The fraction of sp³-hybridized carbons (Fsp3) is 0.0909. The molecule has 5 aromatic carbocycles. The zero-order valence-electron chi connectivity index (χ0n) is 25.1. The summed E-state index contributed by atoms with van der Waals surface area (Å²) in [6.07, 6.45) is 0. The number of nitro groups is 3. The van der Waals surface area contributed by atoms with Crippen molar-refractivity contribution in [3.8, 4) is 22.3 Å². The highest BCUT2D eigenvalue weighted by molar-refractivity contribution is 9.10. The fourth-order valence-electron chi connectivity index (χ4n) is 4.66. The molecular weight excluding hydrogens is 788 g/mol. The van der Waals surface area contributed by atoms with E-state index in [-0.39, 0.29) is 17.1 Å². The minimum atomic E-state index is -0.459. The molecule has 0 aliphatic heterocycles. The standard InChI is InChI=1S/C26H16Cl4N2O4S.C7H6BrNO2/c1-13-11-15(31(33)34)3-5-17(13)23-19(27)7-9-21(25(23)29)37-22-10-8-20(28)24(26(22)30)18-6-4-16(32(35)36)12-14(18)2;1-5-4-6(9(10)11)2-3-7(5)8/h3-12H,1-2H3;2-4H,1H3. The van der Waals surface area contributed by atoms with Crippen molar-refractivity contribution in [2.45, 2.75) is 30.6 Å². The third kappa shape index (κ3) is 8.28. The molecule has 0 amide bonds. The van der Waals surface area contributed by atoms with Gasteiger partial charge in [-0.05, 0) is 91.1 Å². The van der Waals surface area contributed by atoms with Gasteiger partial charge in [-0.15, -0.1) is 0 Å². The van der Waals surface area contributed by atoms with E-state index in [0.717, 1.165) is 10.0 Å². The number of halogens is 5. The van der Waals surface area contributed by atoms with E-state index in [4.69, 9.17) is 46.4 Å². The van der Waals surface area contributed by atoms with Crippen LogP contribution in [0.25, 0.3) is 22.3 Å². The maximum absolute atomic E-state index is 11.1. The van der Waals surface area contributed by atoms with E-state index in [2.05, 4.69) is 15.9 Å². The van der Waals surface area contributed by atoms with Gasteiger partial charge in [0.1, 0.15) is 0 Å². The van der Waals surface area contributed by atoms with Crippen molar-refractivity contribution in [1.29, 1.82) is 0 Å². The van der Waals surface area contributed by atoms with Gasteiger partial charge in [-0.1, -0.05) is 74.1 Å². The van der Waals surface area contributed by atoms with E-state index in [1.54, 1.807) is 56.3 Å². The molecule has 0 atom stereocenters. The minimum absolute atomic E-state index is 0.0268. The molecule has 0 unspecified atom stereocenters. The lowest BCUT2D eigenvalue weighted by Crippen LogP contribution is -1.93. The van der Waals surface area contributed by atoms with Crippen molar-refractivity contribution >= 4 is 91.2 Å². The predicted molar refractivity (Wildman–Crippen MR) is 196 cm³/mol. The number of benzene rings is 5. The van der Waals surface area contributed by atoms with E-state index < -0.39 is 14.8 Å². The van der Waals surface area contributed by atoms with Gasteiger partial charge in [-0.2, -0.15) is 0 Å². The van der Waals surface area contributed by atoms with Crippen LogP contribution in [0.2, 0.25) is 20.1 Å². The maximum Gasteiger partial charge on any atom is 0.269 e. The van der Waals surface area contributed by atoms with Gasteiger partial charge in [0.15, 0.2) is 0 Å². The molecular formula is C33H22BrCl4N3O6S. The normalized spacial score (nSPS) is 10.7. The van der Waals surface area contributed by atoms with E-state index in [0.29, 0.717) is 63.3 Å². The van der Waals surface area contributed by atoms with Crippen LogP contribution in [0.4, 0.5) is 17.1 Å². The van der Waals surface area contributed by atoms with Crippen LogP contribution >= 0.6 is 74.1 Å². The van der Waals surface area contributed by atoms with E-state index in [1.165, 1.54) is 48.2 Å². The Morgan fingerprint density at radius 2 is 0.896 bits per heavy atom. The summed E-state index contributed by atoms with van der Waals surface area (Å²) in [5.41, 5.74) is 4.71. The SMILES string of the molecule is Cc1cc([N+](=O)[O-])ccc1-c1c(Cl)ccc(Sc2ccc(Cl)c(-c3ccc([N+](=O)[O-])cc3C)c2Cl)c1Cl.Cc1cc([N+](=O)[O-])ccc1Br. The summed E-state index contributed by atoms with van der Waals surface area (Å²) < 4.78 is 0.892. The van der Waals surface area contributed by atoms with Crippen LogP contribution in [0.1, 0.15) is 16.7 Å². The van der Waals surface area contributed by atoms with Crippen molar-refractivity contribution in [3.05, 3.63) is 150 Å². The zero-order valence-corrected chi connectivity index (χ0v) is 30.5. The molecule has 0 fully saturated rings.